The summed E-state index contributed by atoms with van der Waals surface area (Å²) in [5.74, 6) is 0.217. The maximum Gasteiger partial charge on any atom is 0.135 e. The summed E-state index contributed by atoms with van der Waals surface area (Å²) < 4.78 is 2.22. The van der Waals surface area contributed by atoms with Gasteiger partial charge in [0.15, 0.2) is 0 Å². The molecule has 0 aliphatic heterocycles. The Morgan fingerprint density at radius 1 is 1.31 bits per heavy atom. The van der Waals surface area contributed by atoms with E-state index in [0.717, 1.165) is 12.2 Å². The summed E-state index contributed by atoms with van der Waals surface area (Å²) in [5.41, 5.74) is 3.61. The largest absolute Gasteiger partial charge is 0.344 e. The predicted octanol–water partition coefficient (Wildman–Crippen LogP) is 3.10. The molecule has 16 heavy (non-hydrogen) atoms. The second-order valence-electron chi connectivity index (χ2n) is 4.32. The van der Waals surface area contributed by atoms with E-state index < -0.39 is 0 Å². The molecule has 2 rings (SSSR count). The van der Waals surface area contributed by atoms with Crippen LogP contribution >= 0.6 is 0 Å². The minimum absolute atomic E-state index is 0.217. The van der Waals surface area contributed by atoms with Crippen molar-refractivity contribution in [2.45, 2.75) is 33.7 Å². The number of aromatic nitrogens is 1. The number of carbonyl (C=O) groups excluding carboxylic acids is 1. The van der Waals surface area contributed by atoms with Crippen molar-refractivity contribution in [1.29, 1.82) is 0 Å². The lowest BCUT2D eigenvalue weighted by Gasteiger charge is -2.06. The van der Waals surface area contributed by atoms with E-state index in [0.29, 0.717) is 6.42 Å². The first-order valence-corrected chi connectivity index (χ1v) is 5.70. The van der Waals surface area contributed by atoms with Crippen molar-refractivity contribution in [2.75, 3.05) is 0 Å². The van der Waals surface area contributed by atoms with Gasteiger partial charge in [-0.2, -0.15) is 0 Å². The third kappa shape index (κ3) is 1.87. The molecule has 0 aliphatic carbocycles. The lowest BCUT2D eigenvalue weighted by Crippen LogP contribution is -2.04. The van der Waals surface area contributed by atoms with Gasteiger partial charge in [0.25, 0.3) is 0 Å². The minimum Gasteiger partial charge on any atom is -0.344 e. The molecule has 0 fully saturated rings. The van der Waals surface area contributed by atoms with Crippen molar-refractivity contribution in [3.63, 3.8) is 0 Å². The number of rotatable bonds is 3. The molecule has 0 saturated carbocycles. The summed E-state index contributed by atoms with van der Waals surface area (Å²) >= 11 is 0. The molecule has 0 atom stereocenters. The summed E-state index contributed by atoms with van der Waals surface area (Å²) in [6, 6.07) is 8.56. The van der Waals surface area contributed by atoms with E-state index in [1.165, 1.54) is 16.5 Å². The fourth-order valence-electron chi connectivity index (χ4n) is 2.22. The average molecular weight is 215 g/mol. The highest BCUT2D eigenvalue weighted by molar-refractivity contribution is 5.85. The number of hydrogen-bond acceptors (Lipinski definition) is 1. The molecular weight excluding hydrogens is 198 g/mol. The minimum atomic E-state index is 0.217. The normalized spacial score (nSPS) is 10.9. The molecule has 0 radical (unpaired) electrons. The number of carbonyl (C=O) groups is 1. The smallest absolute Gasteiger partial charge is 0.135 e. The zero-order valence-corrected chi connectivity index (χ0v) is 10.1. The number of nitrogens with zero attached hydrogens (tertiary/aromatic N) is 1. The van der Waals surface area contributed by atoms with Crippen molar-refractivity contribution in [1.82, 2.24) is 4.57 Å². The lowest BCUT2D eigenvalue weighted by atomic mass is 10.2. The second-order valence-corrected chi connectivity index (χ2v) is 4.32. The maximum absolute atomic E-state index is 11.2. The van der Waals surface area contributed by atoms with E-state index in [1.807, 2.05) is 0 Å². The molecular formula is C14H17NO. The van der Waals surface area contributed by atoms with Gasteiger partial charge in [0.05, 0.1) is 0 Å². The molecule has 0 amide bonds. The Labute approximate surface area is 95.9 Å². The predicted molar refractivity (Wildman–Crippen MR) is 66.7 cm³/mol. The monoisotopic (exact) mass is 215 g/mol. The van der Waals surface area contributed by atoms with E-state index in [1.54, 1.807) is 6.92 Å². The molecule has 0 N–H and O–H groups in total. The van der Waals surface area contributed by atoms with E-state index >= 15 is 0 Å². The summed E-state index contributed by atoms with van der Waals surface area (Å²) in [5, 5.41) is 1.23. The molecule has 2 heteroatoms. The van der Waals surface area contributed by atoms with Crippen LogP contribution in [0.15, 0.2) is 24.3 Å². The summed E-state index contributed by atoms with van der Waals surface area (Å²) in [6.07, 6.45) is 0.529. The first kappa shape index (κ1) is 10.9. The molecule has 0 unspecified atom stereocenters. The van der Waals surface area contributed by atoms with Gasteiger partial charge in [0.2, 0.25) is 0 Å². The van der Waals surface area contributed by atoms with E-state index in [9.17, 15) is 4.79 Å². The molecule has 1 aromatic carbocycles. The second kappa shape index (κ2) is 4.12. The van der Waals surface area contributed by atoms with Gasteiger partial charge in [-0.15, -0.1) is 0 Å². The molecule has 2 aromatic rings. The zero-order chi connectivity index (χ0) is 11.7. The van der Waals surface area contributed by atoms with Crippen molar-refractivity contribution in [3.05, 3.63) is 35.5 Å². The van der Waals surface area contributed by atoms with Gasteiger partial charge < -0.3 is 4.57 Å². The number of ketones is 1. The van der Waals surface area contributed by atoms with Crippen LogP contribution in [0.1, 0.15) is 25.1 Å². The van der Waals surface area contributed by atoms with Crippen molar-refractivity contribution >= 4 is 16.7 Å². The van der Waals surface area contributed by atoms with Crippen molar-refractivity contribution in [3.8, 4) is 0 Å². The fraction of sp³-hybridized carbons (Fsp3) is 0.357. The molecule has 0 spiro atoms. The summed E-state index contributed by atoms with van der Waals surface area (Å²) in [7, 11) is 0. The number of hydrogen-bond donors (Lipinski definition) is 0. The van der Waals surface area contributed by atoms with Crippen LogP contribution in [0.4, 0.5) is 0 Å². The van der Waals surface area contributed by atoms with Crippen LogP contribution in [-0.2, 0) is 17.8 Å². The van der Waals surface area contributed by atoms with Crippen LogP contribution in [0.25, 0.3) is 10.9 Å². The Balaban J connectivity index is 2.61. The lowest BCUT2D eigenvalue weighted by molar-refractivity contribution is -0.116. The highest BCUT2D eigenvalue weighted by Crippen LogP contribution is 2.21. The van der Waals surface area contributed by atoms with Gasteiger partial charge in [0, 0.05) is 29.6 Å². The Morgan fingerprint density at radius 3 is 2.69 bits per heavy atom. The third-order valence-electron chi connectivity index (χ3n) is 2.89. The Kier molecular flexibility index (Phi) is 2.82. The topological polar surface area (TPSA) is 22.0 Å². The highest BCUT2D eigenvalue weighted by Gasteiger charge is 2.08. The molecule has 0 aliphatic rings. The quantitative estimate of drug-likeness (QED) is 0.771. The van der Waals surface area contributed by atoms with Gasteiger partial charge in [-0.05, 0) is 39.0 Å². The van der Waals surface area contributed by atoms with E-state index in [-0.39, 0.29) is 5.78 Å². The Bertz CT molecular complexity index is 537. The van der Waals surface area contributed by atoms with Crippen LogP contribution in [0.5, 0.6) is 0 Å². The highest BCUT2D eigenvalue weighted by atomic mass is 16.1. The Morgan fingerprint density at radius 2 is 2.06 bits per heavy atom. The maximum atomic E-state index is 11.2. The van der Waals surface area contributed by atoms with Crippen molar-refractivity contribution in [2.24, 2.45) is 0 Å². The van der Waals surface area contributed by atoms with Crippen molar-refractivity contribution < 1.29 is 4.79 Å². The Hall–Kier alpha value is -1.57. The van der Waals surface area contributed by atoms with Crippen LogP contribution in [0.3, 0.4) is 0 Å². The van der Waals surface area contributed by atoms with E-state index in [4.69, 9.17) is 0 Å². The molecule has 1 aromatic heterocycles. The van der Waals surface area contributed by atoms with Gasteiger partial charge >= 0.3 is 0 Å². The van der Waals surface area contributed by atoms with Crippen LogP contribution in [-0.4, -0.2) is 10.4 Å². The molecule has 1 heterocycles. The first-order valence-electron chi connectivity index (χ1n) is 5.70. The SMILES string of the molecule is CCn1c(CC(C)=O)cc2cc(C)ccc21. The van der Waals surface area contributed by atoms with Gasteiger partial charge in [0.1, 0.15) is 5.78 Å². The summed E-state index contributed by atoms with van der Waals surface area (Å²) in [4.78, 5) is 11.2. The van der Waals surface area contributed by atoms with Gasteiger partial charge in [-0.25, -0.2) is 0 Å². The molecule has 2 nitrogen and oxygen atoms in total. The van der Waals surface area contributed by atoms with E-state index in [2.05, 4.69) is 42.7 Å². The third-order valence-corrected chi connectivity index (χ3v) is 2.89. The van der Waals surface area contributed by atoms with Crippen LogP contribution in [0, 0.1) is 6.92 Å². The van der Waals surface area contributed by atoms with Crippen LogP contribution < -0.4 is 0 Å². The molecule has 84 valence electrons. The number of fused-ring (bicyclic) bond motifs is 1. The van der Waals surface area contributed by atoms with Gasteiger partial charge in [-0.3, -0.25) is 4.79 Å². The first-order chi connectivity index (χ1) is 7.61. The molecule has 0 saturated heterocycles. The van der Waals surface area contributed by atoms with Crippen LogP contribution in [0.2, 0.25) is 0 Å². The number of aryl methyl sites for hydroxylation is 2. The number of Topliss-reactive ketones (excluding diaryl/α,β-unsaturated/α-hetero) is 1. The number of benzene rings is 1. The average Bonchev–Trinajstić information content (AvgIpc) is 2.52. The van der Waals surface area contributed by atoms with Gasteiger partial charge in [-0.1, -0.05) is 11.6 Å². The molecule has 0 bridgehead atoms. The summed E-state index contributed by atoms with van der Waals surface area (Å²) in [6.45, 7) is 6.76. The zero-order valence-electron chi connectivity index (χ0n) is 10.1. The fourth-order valence-corrected chi connectivity index (χ4v) is 2.22. The standard InChI is InChI=1S/C14H17NO/c1-4-15-13(8-11(3)16)9-12-7-10(2)5-6-14(12)15/h5-7,9H,4,8H2,1-3H3.